The molecule has 25 heavy (non-hydrogen) atoms. The maximum Gasteiger partial charge on any atom is 0.162 e. The lowest BCUT2D eigenvalue weighted by Crippen LogP contribution is -2.43. The number of hydrogen-bond acceptors (Lipinski definition) is 5. The summed E-state index contributed by atoms with van der Waals surface area (Å²) in [4.78, 5) is 0. The van der Waals surface area contributed by atoms with Gasteiger partial charge in [0, 0.05) is 13.1 Å². The summed E-state index contributed by atoms with van der Waals surface area (Å²) in [5.41, 5.74) is 2.13. The van der Waals surface area contributed by atoms with Gasteiger partial charge in [-0.3, -0.25) is 0 Å². The Labute approximate surface area is 148 Å². The van der Waals surface area contributed by atoms with Crippen molar-refractivity contribution in [2.24, 2.45) is 0 Å². The zero-order chi connectivity index (χ0) is 17.6. The molecule has 3 rings (SSSR count). The van der Waals surface area contributed by atoms with Gasteiger partial charge < -0.3 is 24.3 Å². The standard InChI is InChI=1S/C20H25NO4/c1-14-7-8-17(18(11-14)23-3)25-20(19-13-21-9-10-24-19)15-5-4-6-16(12-15)22-2/h4-8,11-12,19-21H,9-10,13H2,1-3H3/t19-,20-/m0/s1. The Balaban J connectivity index is 1.93. The van der Waals surface area contributed by atoms with Crippen molar-refractivity contribution in [1.29, 1.82) is 0 Å². The van der Waals surface area contributed by atoms with Crippen molar-refractivity contribution in [2.45, 2.75) is 19.1 Å². The van der Waals surface area contributed by atoms with Crippen LogP contribution in [0.5, 0.6) is 17.2 Å². The van der Waals surface area contributed by atoms with Gasteiger partial charge in [0.15, 0.2) is 17.6 Å². The molecule has 0 unspecified atom stereocenters. The van der Waals surface area contributed by atoms with E-state index in [-0.39, 0.29) is 12.2 Å². The molecular weight excluding hydrogens is 318 g/mol. The molecule has 0 saturated carbocycles. The van der Waals surface area contributed by atoms with Gasteiger partial charge in [0.25, 0.3) is 0 Å². The lowest BCUT2D eigenvalue weighted by Gasteiger charge is -2.32. The minimum Gasteiger partial charge on any atom is -0.497 e. The van der Waals surface area contributed by atoms with Crippen LogP contribution in [-0.4, -0.2) is 40.0 Å². The van der Waals surface area contributed by atoms with Gasteiger partial charge in [0.05, 0.1) is 20.8 Å². The van der Waals surface area contributed by atoms with Crippen LogP contribution in [0.15, 0.2) is 42.5 Å². The van der Waals surface area contributed by atoms with E-state index in [9.17, 15) is 0 Å². The quantitative estimate of drug-likeness (QED) is 0.873. The van der Waals surface area contributed by atoms with Gasteiger partial charge in [-0.05, 0) is 42.3 Å². The minimum atomic E-state index is -0.264. The normalized spacial score (nSPS) is 18.4. The molecule has 1 heterocycles. The van der Waals surface area contributed by atoms with Crippen molar-refractivity contribution in [3.05, 3.63) is 53.6 Å². The maximum atomic E-state index is 6.37. The molecule has 134 valence electrons. The highest BCUT2D eigenvalue weighted by Gasteiger charge is 2.29. The van der Waals surface area contributed by atoms with Crippen LogP contribution in [0.1, 0.15) is 17.2 Å². The second-order valence-corrected chi connectivity index (χ2v) is 6.08. The van der Waals surface area contributed by atoms with Crippen LogP contribution in [0, 0.1) is 6.92 Å². The van der Waals surface area contributed by atoms with Gasteiger partial charge in [-0.2, -0.15) is 0 Å². The van der Waals surface area contributed by atoms with E-state index in [1.165, 1.54) is 0 Å². The van der Waals surface area contributed by atoms with Crippen LogP contribution in [0.4, 0.5) is 0 Å². The second-order valence-electron chi connectivity index (χ2n) is 6.08. The zero-order valence-electron chi connectivity index (χ0n) is 15.0. The van der Waals surface area contributed by atoms with E-state index in [0.717, 1.165) is 35.7 Å². The zero-order valence-corrected chi connectivity index (χ0v) is 15.0. The molecule has 5 nitrogen and oxygen atoms in total. The molecule has 1 aliphatic rings. The van der Waals surface area contributed by atoms with Crippen LogP contribution in [0.25, 0.3) is 0 Å². The number of hydrogen-bond donors (Lipinski definition) is 1. The Hall–Kier alpha value is -2.24. The largest absolute Gasteiger partial charge is 0.497 e. The van der Waals surface area contributed by atoms with Crippen molar-refractivity contribution in [3.63, 3.8) is 0 Å². The number of nitrogens with one attached hydrogen (secondary N) is 1. The summed E-state index contributed by atoms with van der Waals surface area (Å²) >= 11 is 0. The third-order valence-electron chi connectivity index (χ3n) is 4.29. The van der Waals surface area contributed by atoms with Crippen LogP contribution in [-0.2, 0) is 4.74 Å². The first-order valence-corrected chi connectivity index (χ1v) is 8.49. The van der Waals surface area contributed by atoms with Crippen molar-refractivity contribution in [1.82, 2.24) is 5.32 Å². The predicted octanol–water partition coefficient (Wildman–Crippen LogP) is 3.12. The first-order chi connectivity index (χ1) is 12.2. The van der Waals surface area contributed by atoms with Gasteiger partial charge in [0.1, 0.15) is 11.9 Å². The van der Waals surface area contributed by atoms with Crippen LogP contribution < -0.4 is 19.5 Å². The molecule has 5 heteroatoms. The van der Waals surface area contributed by atoms with Crippen molar-refractivity contribution < 1.29 is 18.9 Å². The molecule has 0 spiro atoms. The molecule has 1 aliphatic heterocycles. The molecule has 0 radical (unpaired) electrons. The van der Waals surface area contributed by atoms with Crippen LogP contribution in [0.3, 0.4) is 0 Å². The monoisotopic (exact) mass is 343 g/mol. The lowest BCUT2D eigenvalue weighted by atomic mass is 10.0. The highest BCUT2D eigenvalue weighted by Crippen LogP contribution is 2.35. The van der Waals surface area contributed by atoms with E-state index >= 15 is 0 Å². The predicted molar refractivity (Wildman–Crippen MR) is 96.7 cm³/mol. The van der Waals surface area contributed by atoms with Gasteiger partial charge in [-0.15, -0.1) is 0 Å². The summed E-state index contributed by atoms with van der Waals surface area (Å²) in [6.45, 7) is 4.28. The van der Waals surface area contributed by atoms with Crippen molar-refractivity contribution >= 4 is 0 Å². The number of benzene rings is 2. The van der Waals surface area contributed by atoms with E-state index in [1.807, 2.05) is 49.4 Å². The number of aryl methyl sites for hydroxylation is 1. The molecule has 2 atom stereocenters. The number of methoxy groups -OCH3 is 2. The number of rotatable bonds is 6. The SMILES string of the molecule is COc1cccc([C@H](Oc2ccc(C)cc2OC)[C@@H]2CNCCO2)c1. The van der Waals surface area contributed by atoms with E-state index in [2.05, 4.69) is 5.32 Å². The average Bonchev–Trinajstić information content (AvgIpc) is 2.67. The third kappa shape index (κ3) is 4.24. The highest BCUT2D eigenvalue weighted by atomic mass is 16.6. The average molecular weight is 343 g/mol. The highest BCUT2D eigenvalue weighted by molar-refractivity contribution is 5.43. The fraction of sp³-hybridized carbons (Fsp3) is 0.400. The third-order valence-corrected chi connectivity index (χ3v) is 4.29. The molecular formula is C20H25NO4. The first-order valence-electron chi connectivity index (χ1n) is 8.49. The van der Waals surface area contributed by atoms with E-state index in [1.54, 1.807) is 14.2 Å². The molecule has 0 bridgehead atoms. The van der Waals surface area contributed by atoms with Gasteiger partial charge >= 0.3 is 0 Å². The number of morpholine rings is 1. The topological polar surface area (TPSA) is 49.0 Å². The fourth-order valence-electron chi connectivity index (χ4n) is 2.97. The Morgan fingerprint density at radius 3 is 2.68 bits per heavy atom. The molecule has 0 aliphatic carbocycles. The van der Waals surface area contributed by atoms with Crippen molar-refractivity contribution in [3.8, 4) is 17.2 Å². The van der Waals surface area contributed by atoms with Crippen LogP contribution >= 0.6 is 0 Å². The summed E-state index contributed by atoms with van der Waals surface area (Å²) in [5.74, 6) is 2.22. The Morgan fingerprint density at radius 2 is 1.96 bits per heavy atom. The molecule has 2 aromatic rings. The number of ether oxygens (including phenoxy) is 4. The lowest BCUT2D eigenvalue weighted by molar-refractivity contribution is -0.0438. The summed E-state index contributed by atoms with van der Waals surface area (Å²) in [6.07, 6.45) is -0.355. The van der Waals surface area contributed by atoms with E-state index < -0.39 is 0 Å². The van der Waals surface area contributed by atoms with Crippen molar-refractivity contribution in [2.75, 3.05) is 33.9 Å². The summed E-state index contributed by atoms with van der Waals surface area (Å²) < 4.78 is 23.2. The maximum absolute atomic E-state index is 6.37. The summed E-state index contributed by atoms with van der Waals surface area (Å²) in [6, 6.07) is 13.8. The first kappa shape index (κ1) is 17.6. The van der Waals surface area contributed by atoms with E-state index in [0.29, 0.717) is 12.4 Å². The Morgan fingerprint density at radius 1 is 1.08 bits per heavy atom. The summed E-state index contributed by atoms with van der Waals surface area (Å²) in [7, 11) is 3.32. The molecule has 1 saturated heterocycles. The van der Waals surface area contributed by atoms with Gasteiger partial charge in [0.2, 0.25) is 0 Å². The van der Waals surface area contributed by atoms with E-state index in [4.69, 9.17) is 18.9 Å². The molecule has 1 N–H and O–H groups in total. The van der Waals surface area contributed by atoms with Gasteiger partial charge in [-0.1, -0.05) is 18.2 Å². The van der Waals surface area contributed by atoms with Gasteiger partial charge in [-0.25, -0.2) is 0 Å². The minimum absolute atomic E-state index is 0.0909. The van der Waals surface area contributed by atoms with Crippen LogP contribution in [0.2, 0.25) is 0 Å². The molecule has 0 amide bonds. The Bertz CT molecular complexity index is 698. The molecule has 1 fully saturated rings. The fourth-order valence-corrected chi connectivity index (χ4v) is 2.97. The summed E-state index contributed by atoms with van der Waals surface area (Å²) in [5, 5.41) is 3.37. The second kappa shape index (κ2) is 8.23. The smallest absolute Gasteiger partial charge is 0.162 e. The molecule has 0 aromatic heterocycles. The Kier molecular flexibility index (Phi) is 5.79. The molecule has 2 aromatic carbocycles.